The highest BCUT2D eigenvalue weighted by Gasteiger charge is 2.34. The van der Waals surface area contributed by atoms with Crippen LogP contribution in [0, 0.1) is 0 Å². The molecule has 0 unspecified atom stereocenters. The number of benzene rings is 1. The van der Waals surface area contributed by atoms with Crippen LogP contribution >= 0.6 is 11.8 Å². The highest BCUT2D eigenvalue weighted by atomic mass is 32.2. The van der Waals surface area contributed by atoms with Crippen molar-refractivity contribution in [3.63, 3.8) is 0 Å². The van der Waals surface area contributed by atoms with Gasteiger partial charge in [0.2, 0.25) is 0 Å². The third kappa shape index (κ3) is 2.29. The van der Waals surface area contributed by atoms with Gasteiger partial charge in [-0.15, -0.1) is 10.2 Å². The molecule has 0 spiro atoms. The third-order valence-electron chi connectivity index (χ3n) is 3.71. The van der Waals surface area contributed by atoms with E-state index in [1.54, 1.807) is 24.3 Å². The lowest BCUT2D eigenvalue weighted by molar-refractivity contribution is 0.0664. The van der Waals surface area contributed by atoms with Crippen LogP contribution in [0.3, 0.4) is 0 Å². The van der Waals surface area contributed by atoms with Gasteiger partial charge < -0.3 is 0 Å². The second-order valence-corrected chi connectivity index (χ2v) is 6.13. The maximum absolute atomic E-state index is 12.3. The monoisotopic (exact) mass is 324 g/mol. The summed E-state index contributed by atoms with van der Waals surface area (Å²) in [4.78, 5) is 25.8. The molecule has 0 N–H and O–H groups in total. The van der Waals surface area contributed by atoms with Crippen molar-refractivity contribution in [1.29, 1.82) is 0 Å². The number of aromatic nitrogens is 3. The number of rotatable bonds is 4. The first-order chi connectivity index (χ1) is 11.3. The van der Waals surface area contributed by atoms with Crippen molar-refractivity contribution in [1.82, 2.24) is 19.5 Å². The zero-order valence-electron chi connectivity index (χ0n) is 12.0. The summed E-state index contributed by atoms with van der Waals surface area (Å²) in [5.74, 6) is 0.121. The van der Waals surface area contributed by atoms with Gasteiger partial charge in [0.05, 0.1) is 11.1 Å². The molecule has 0 atom stereocenters. The van der Waals surface area contributed by atoms with E-state index in [-0.39, 0.29) is 11.8 Å². The first kappa shape index (κ1) is 14.0. The Balaban J connectivity index is 1.46. The highest BCUT2D eigenvalue weighted by molar-refractivity contribution is 7.99. The summed E-state index contributed by atoms with van der Waals surface area (Å²) in [6, 6.07) is 12.6. The molecule has 7 heteroatoms. The molecule has 3 heterocycles. The molecule has 0 saturated heterocycles. The quantitative estimate of drug-likeness (QED) is 0.543. The lowest BCUT2D eigenvalue weighted by Gasteiger charge is -2.12. The van der Waals surface area contributed by atoms with E-state index in [0.29, 0.717) is 23.4 Å². The number of nitrogens with zero attached hydrogens (tertiary/aromatic N) is 4. The number of imide groups is 1. The smallest absolute Gasteiger partial charge is 0.261 e. The van der Waals surface area contributed by atoms with Crippen LogP contribution in [0.1, 0.15) is 20.7 Å². The van der Waals surface area contributed by atoms with Crippen LogP contribution in [-0.4, -0.2) is 43.6 Å². The summed E-state index contributed by atoms with van der Waals surface area (Å²) in [7, 11) is 0. The molecule has 0 aliphatic carbocycles. The number of amides is 2. The molecule has 1 aromatic carbocycles. The molecule has 0 fully saturated rings. The number of hydrogen-bond acceptors (Lipinski definition) is 5. The summed E-state index contributed by atoms with van der Waals surface area (Å²) in [5, 5.41) is 8.95. The molecule has 2 aromatic heterocycles. The Morgan fingerprint density at radius 1 is 0.913 bits per heavy atom. The number of carbonyl (C=O) groups excluding carboxylic acids is 2. The van der Waals surface area contributed by atoms with Crippen LogP contribution in [0.5, 0.6) is 0 Å². The first-order valence-electron chi connectivity index (χ1n) is 7.13. The average molecular weight is 324 g/mol. The fraction of sp³-hybridized carbons (Fsp3) is 0.125. The van der Waals surface area contributed by atoms with Gasteiger partial charge in [0.15, 0.2) is 10.8 Å². The molecule has 4 rings (SSSR count). The number of pyridine rings is 1. The Morgan fingerprint density at radius 3 is 2.35 bits per heavy atom. The topological polar surface area (TPSA) is 67.6 Å². The van der Waals surface area contributed by atoms with Gasteiger partial charge in [0.25, 0.3) is 11.8 Å². The van der Waals surface area contributed by atoms with Gasteiger partial charge in [-0.2, -0.15) is 0 Å². The molecule has 0 saturated carbocycles. The minimum atomic E-state index is -0.225. The lowest BCUT2D eigenvalue weighted by Crippen LogP contribution is -2.31. The largest absolute Gasteiger partial charge is 0.277 e. The van der Waals surface area contributed by atoms with Crippen LogP contribution in [0.25, 0.3) is 5.65 Å². The normalized spacial score (nSPS) is 13.8. The second kappa shape index (κ2) is 5.51. The van der Waals surface area contributed by atoms with E-state index in [4.69, 9.17) is 0 Å². The summed E-state index contributed by atoms with van der Waals surface area (Å²) < 4.78 is 1.88. The van der Waals surface area contributed by atoms with E-state index >= 15 is 0 Å². The Bertz CT molecular complexity index is 886. The molecule has 1 aliphatic rings. The van der Waals surface area contributed by atoms with Gasteiger partial charge in [-0.3, -0.25) is 18.9 Å². The van der Waals surface area contributed by atoms with Crippen molar-refractivity contribution in [2.45, 2.75) is 5.16 Å². The molecule has 3 aromatic rings. The molecule has 0 radical (unpaired) electrons. The molecule has 23 heavy (non-hydrogen) atoms. The van der Waals surface area contributed by atoms with Gasteiger partial charge in [0.1, 0.15) is 0 Å². The standard InChI is InChI=1S/C16H12N4O2S/c21-14-11-5-1-2-6-12(11)15(22)20(14)9-10-23-16-18-17-13-7-3-4-8-19(13)16/h1-8H,9-10H2. The van der Waals surface area contributed by atoms with Gasteiger partial charge >= 0.3 is 0 Å². The van der Waals surface area contributed by atoms with E-state index < -0.39 is 0 Å². The molecule has 6 nitrogen and oxygen atoms in total. The summed E-state index contributed by atoms with van der Waals surface area (Å²) in [6.07, 6.45) is 1.89. The van der Waals surface area contributed by atoms with Crippen molar-refractivity contribution in [3.8, 4) is 0 Å². The zero-order chi connectivity index (χ0) is 15.8. The molecule has 114 valence electrons. The van der Waals surface area contributed by atoms with E-state index in [9.17, 15) is 9.59 Å². The number of thioether (sulfide) groups is 1. The van der Waals surface area contributed by atoms with E-state index in [0.717, 1.165) is 10.8 Å². The number of fused-ring (bicyclic) bond motifs is 2. The van der Waals surface area contributed by atoms with E-state index in [1.165, 1.54) is 16.7 Å². The molecule has 0 bridgehead atoms. The highest BCUT2D eigenvalue weighted by Crippen LogP contribution is 2.23. The van der Waals surface area contributed by atoms with Crippen molar-refractivity contribution in [3.05, 3.63) is 59.8 Å². The molecular formula is C16H12N4O2S. The van der Waals surface area contributed by atoms with Gasteiger partial charge in [-0.25, -0.2) is 0 Å². The summed E-state index contributed by atoms with van der Waals surface area (Å²) in [5.41, 5.74) is 1.74. The number of carbonyl (C=O) groups is 2. The average Bonchev–Trinajstić information content (AvgIpc) is 3.10. The van der Waals surface area contributed by atoms with Crippen LogP contribution in [0.2, 0.25) is 0 Å². The lowest BCUT2D eigenvalue weighted by atomic mass is 10.1. The summed E-state index contributed by atoms with van der Waals surface area (Å²) in [6.45, 7) is 0.346. The van der Waals surface area contributed by atoms with Gasteiger partial charge in [0, 0.05) is 18.5 Å². The fourth-order valence-corrected chi connectivity index (χ4v) is 3.44. The zero-order valence-corrected chi connectivity index (χ0v) is 12.9. The SMILES string of the molecule is O=C1c2ccccc2C(=O)N1CCSc1nnc2ccccn12. The van der Waals surface area contributed by atoms with E-state index in [2.05, 4.69) is 10.2 Å². The van der Waals surface area contributed by atoms with Crippen LogP contribution in [0.4, 0.5) is 0 Å². The fourth-order valence-electron chi connectivity index (χ4n) is 2.59. The summed E-state index contributed by atoms with van der Waals surface area (Å²) >= 11 is 1.47. The Labute approximate surface area is 136 Å². The second-order valence-electron chi connectivity index (χ2n) is 5.07. The van der Waals surface area contributed by atoms with Crippen molar-refractivity contribution in [2.75, 3.05) is 12.3 Å². The number of hydrogen-bond donors (Lipinski definition) is 0. The molecule has 2 amide bonds. The Kier molecular flexibility index (Phi) is 3.34. The minimum absolute atomic E-state index is 0.225. The van der Waals surface area contributed by atoms with E-state index in [1.807, 2.05) is 28.8 Å². The molecule has 1 aliphatic heterocycles. The Morgan fingerprint density at radius 2 is 1.61 bits per heavy atom. The first-order valence-corrected chi connectivity index (χ1v) is 8.12. The van der Waals surface area contributed by atoms with Crippen molar-refractivity contribution in [2.24, 2.45) is 0 Å². The predicted octanol–water partition coefficient (Wildman–Crippen LogP) is 2.12. The van der Waals surface area contributed by atoms with Crippen LogP contribution < -0.4 is 0 Å². The van der Waals surface area contributed by atoms with Crippen molar-refractivity contribution >= 4 is 29.2 Å². The van der Waals surface area contributed by atoms with Gasteiger partial charge in [-0.1, -0.05) is 30.0 Å². The maximum Gasteiger partial charge on any atom is 0.261 e. The van der Waals surface area contributed by atoms with Gasteiger partial charge in [-0.05, 0) is 24.3 Å². The molecular weight excluding hydrogens is 312 g/mol. The maximum atomic E-state index is 12.3. The van der Waals surface area contributed by atoms with Crippen LogP contribution in [0.15, 0.2) is 53.8 Å². The van der Waals surface area contributed by atoms with Crippen LogP contribution in [-0.2, 0) is 0 Å². The Hall–Kier alpha value is -2.67. The predicted molar refractivity (Wildman–Crippen MR) is 85.5 cm³/mol. The third-order valence-corrected chi connectivity index (χ3v) is 4.63. The van der Waals surface area contributed by atoms with Crippen molar-refractivity contribution < 1.29 is 9.59 Å². The minimum Gasteiger partial charge on any atom is -0.277 e.